The number of hydrogen-bond donors (Lipinski definition) is 0. The molecule has 0 saturated carbocycles. The third kappa shape index (κ3) is 3.30. The Morgan fingerprint density at radius 1 is 1.00 bits per heavy atom. The maximum Gasteiger partial charge on any atom is 0.332 e. The zero-order valence-electron chi connectivity index (χ0n) is 17.9. The van der Waals surface area contributed by atoms with E-state index in [1.165, 1.54) is 11.6 Å². The van der Waals surface area contributed by atoms with Crippen LogP contribution in [0, 0.1) is 0 Å². The van der Waals surface area contributed by atoms with Crippen molar-refractivity contribution in [2.24, 2.45) is 14.1 Å². The molecular formula is C24H23N5O3. The van der Waals surface area contributed by atoms with E-state index in [4.69, 9.17) is 4.74 Å². The predicted molar refractivity (Wildman–Crippen MR) is 125 cm³/mol. The van der Waals surface area contributed by atoms with Crippen molar-refractivity contribution in [2.45, 2.75) is 6.54 Å². The van der Waals surface area contributed by atoms with Crippen LogP contribution in [-0.4, -0.2) is 31.8 Å². The molecule has 0 bridgehead atoms. The summed E-state index contributed by atoms with van der Waals surface area (Å²) in [7, 11) is 3.12. The van der Waals surface area contributed by atoms with Crippen molar-refractivity contribution in [3.8, 4) is 5.75 Å². The summed E-state index contributed by atoms with van der Waals surface area (Å²) in [4.78, 5) is 31.7. The highest BCUT2D eigenvalue weighted by atomic mass is 16.5. The molecule has 0 amide bonds. The first-order valence-electron chi connectivity index (χ1n) is 10.4. The highest BCUT2D eigenvalue weighted by Gasteiger charge is 2.28. The van der Waals surface area contributed by atoms with Gasteiger partial charge in [-0.2, -0.15) is 4.98 Å². The Morgan fingerprint density at radius 3 is 2.62 bits per heavy atom. The van der Waals surface area contributed by atoms with Crippen LogP contribution in [0.3, 0.4) is 0 Å². The fourth-order valence-corrected chi connectivity index (χ4v) is 4.03. The molecule has 8 nitrogen and oxygen atoms in total. The van der Waals surface area contributed by atoms with Crippen molar-refractivity contribution < 1.29 is 4.74 Å². The Bertz CT molecular complexity index is 1450. The molecule has 0 saturated heterocycles. The molecule has 5 rings (SSSR count). The quantitative estimate of drug-likeness (QED) is 0.488. The van der Waals surface area contributed by atoms with E-state index in [1.54, 1.807) is 7.05 Å². The number of nitrogens with zero attached hydrogens (tertiary/aromatic N) is 5. The van der Waals surface area contributed by atoms with Gasteiger partial charge in [-0.15, -0.1) is 0 Å². The van der Waals surface area contributed by atoms with Crippen LogP contribution in [-0.2, 0) is 20.6 Å². The van der Waals surface area contributed by atoms with Gasteiger partial charge in [0.1, 0.15) is 12.4 Å². The standard InChI is InChI=1S/C24H23N5O3/c1-26-21-20(22(30)27(2)24(26)31)29-14-13-28(23(29)25-21)18-11-6-12-19(16-18)32-15-7-10-17-8-4-3-5-9-17/h3-12,16H,13-15H2,1-2H3. The second kappa shape index (κ2) is 7.88. The fraction of sp³-hybridized carbons (Fsp3) is 0.208. The van der Waals surface area contributed by atoms with Crippen molar-refractivity contribution >= 4 is 28.9 Å². The van der Waals surface area contributed by atoms with Gasteiger partial charge < -0.3 is 14.2 Å². The van der Waals surface area contributed by atoms with Crippen molar-refractivity contribution in [1.29, 1.82) is 0 Å². The third-order valence-corrected chi connectivity index (χ3v) is 5.70. The number of hydrogen-bond acceptors (Lipinski definition) is 5. The van der Waals surface area contributed by atoms with Crippen LogP contribution in [0.5, 0.6) is 5.75 Å². The highest BCUT2D eigenvalue weighted by molar-refractivity contribution is 5.78. The molecule has 0 atom stereocenters. The Balaban J connectivity index is 1.41. The van der Waals surface area contributed by atoms with Gasteiger partial charge in [-0.3, -0.25) is 13.9 Å². The number of aryl methyl sites for hydroxylation is 1. The van der Waals surface area contributed by atoms with E-state index in [0.717, 1.165) is 21.6 Å². The third-order valence-electron chi connectivity index (χ3n) is 5.70. The lowest BCUT2D eigenvalue weighted by atomic mass is 10.2. The summed E-state index contributed by atoms with van der Waals surface area (Å²) in [6.45, 7) is 1.75. The number of ether oxygens (including phenoxy) is 1. The Morgan fingerprint density at radius 2 is 1.81 bits per heavy atom. The number of benzene rings is 2. The minimum atomic E-state index is -0.384. The lowest BCUT2D eigenvalue weighted by molar-refractivity contribution is 0.363. The van der Waals surface area contributed by atoms with E-state index in [0.29, 0.717) is 36.8 Å². The van der Waals surface area contributed by atoms with Gasteiger partial charge in [0, 0.05) is 38.9 Å². The number of imidazole rings is 1. The molecule has 0 aliphatic carbocycles. The topological polar surface area (TPSA) is 74.3 Å². The summed E-state index contributed by atoms with van der Waals surface area (Å²) in [5.74, 6) is 1.40. The maximum atomic E-state index is 12.7. The first-order chi connectivity index (χ1) is 15.5. The van der Waals surface area contributed by atoms with Crippen LogP contribution in [0.15, 0.2) is 70.3 Å². The van der Waals surface area contributed by atoms with Gasteiger partial charge in [0.2, 0.25) is 5.95 Å². The van der Waals surface area contributed by atoms with E-state index in [-0.39, 0.29) is 11.2 Å². The molecule has 162 valence electrons. The first-order valence-corrected chi connectivity index (χ1v) is 10.4. The number of aromatic nitrogens is 4. The van der Waals surface area contributed by atoms with E-state index < -0.39 is 0 Å². The molecule has 0 radical (unpaired) electrons. The summed E-state index contributed by atoms with van der Waals surface area (Å²) >= 11 is 0. The average Bonchev–Trinajstić information content (AvgIpc) is 3.39. The molecule has 2 aromatic heterocycles. The van der Waals surface area contributed by atoms with Crippen molar-refractivity contribution in [3.05, 3.63) is 87.1 Å². The van der Waals surface area contributed by atoms with Gasteiger partial charge in [-0.25, -0.2) is 4.79 Å². The van der Waals surface area contributed by atoms with E-state index >= 15 is 0 Å². The molecular weight excluding hydrogens is 406 g/mol. The van der Waals surface area contributed by atoms with Crippen LogP contribution < -0.4 is 20.9 Å². The Labute approximate surface area is 184 Å². The summed E-state index contributed by atoms with van der Waals surface area (Å²) in [6.07, 6.45) is 4.01. The molecule has 1 aliphatic rings. The predicted octanol–water partition coefficient (Wildman–Crippen LogP) is 2.68. The zero-order valence-corrected chi connectivity index (χ0v) is 17.9. The van der Waals surface area contributed by atoms with Gasteiger partial charge in [0.15, 0.2) is 11.2 Å². The minimum Gasteiger partial charge on any atom is -0.489 e. The maximum absolute atomic E-state index is 12.7. The van der Waals surface area contributed by atoms with Crippen LogP contribution in [0.1, 0.15) is 5.56 Å². The van der Waals surface area contributed by atoms with Gasteiger partial charge in [-0.05, 0) is 23.8 Å². The van der Waals surface area contributed by atoms with Crippen LogP contribution >= 0.6 is 0 Å². The van der Waals surface area contributed by atoms with Gasteiger partial charge >= 0.3 is 5.69 Å². The molecule has 8 heteroatoms. The van der Waals surface area contributed by atoms with E-state index in [9.17, 15) is 9.59 Å². The molecule has 1 aliphatic heterocycles. The monoisotopic (exact) mass is 429 g/mol. The highest BCUT2D eigenvalue weighted by Crippen LogP contribution is 2.33. The second-order valence-corrected chi connectivity index (χ2v) is 7.71. The molecule has 32 heavy (non-hydrogen) atoms. The normalized spacial score (nSPS) is 13.2. The molecule has 0 unspecified atom stereocenters. The molecule has 4 aromatic rings. The summed E-state index contributed by atoms with van der Waals surface area (Å²) in [6, 6.07) is 17.9. The van der Waals surface area contributed by atoms with Gasteiger partial charge in [0.05, 0.1) is 0 Å². The largest absolute Gasteiger partial charge is 0.489 e. The average molecular weight is 429 g/mol. The lowest BCUT2D eigenvalue weighted by Gasteiger charge is -2.17. The lowest BCUT2D eigenvalue weighted by Crippen LogP contribution is -2.37. The molecule has 2 aromatic carbocycles. The molecule has 0 fully saturated rings. The molecule has 0 N–H and O–H groups in total. The smallest absolute Gasteiger partial charge is 0.332 e. The number of rotatable bonds is 5. The molecule has 0 spiro atoms. The van der Waals surface area contributed by atoms with E-state index in [2.05, 4.69) is 4.98 Å². The van der Waals surface area contributed by atoms with Crippen molar-refractivity contribution in [1.82, 2.24) is 18.7 Å². The van der Waals surface area contributed by atoms with Gasteiger partial charge in [0.25, 0.3) is 5.56 Å². The SMILES string of the molecule is Cn1c(=O)c2c(nc3n2CCN3c2cccc(OCC=Cc3ccccc3)c2)n(C)c1=O. The molecule has 3 heterocycles. The first kappa shape index (κ1) is 19.9. The van der Waals surface area contributed by atoms with Crippen molar-refractivity contribution in [3.63, 3.8) is 0 Å². The van der Waals surface area contributed by atoms with Crippen LogP contribution in [0.25, 0.3) is 17.2 Å². The van der Waals surface area contributed by atoms with Crippen LogP contribution in [0.4, 0.5) is 11.6 Å². The van der Waals surface area contributed by atoms with E-state index in [1.807, 2.05) is 76.2 Å². The summed E-state index contributed by atoms with van der Waals surface area (Å²) in [5, 5.41) is 0. The zero-order chi connectivity index (χ0) is 22.2. The Kier molecular flexibility index (Phi) is 4.89. The second-order valence-electron chi connectivity index (χ2n) is 7.71. The van der Waals surface area contributed by atoms with Crippen molar-refractivity contribution in [2.75, 3.05) is 18.1 Å². The van der Waals surface area contributed by atoms with Crippen LogP contribution in [0.2, 0.25) is 0 Å². The Hall–Kier alpha value is -4.07. The number of anilines is 2. The fourth-order valence-electron chi connectivity index (χ4n) is 4.03. The summed E-state index contributed by atoms with van der Waals surface area (Å²) < 4.78 is 10.3. The van der Waals surface area contributed by atoms with Gasteiger partial charge in [-0.1, -0.05) is 42.5 Å². The summed E-state index contributed by atoms with van der Waals surface area (Å²) in [5.41, 5.74) is 2.18. The minimum absolute atomic E-state index is 0.328. The number of fused-ring (bicyclic) bond motifs is 3.